The first kappa shape index (κ1) is 13.2. The summed E-state index contributed by atoms with van der Waals surface area (Å²) in [7, 11) is 0. The predicted molar refractivity (Wildman–Crippen MR) is 70.8 cm³/mol. The van der Waals surface area contributed by atoms with Gasteiger partial charge in [0.2, 0.25) is 0 Å². The molecule has 5 nitrogen and oxygen atoms in total. The summed E-state index contributed by atoms with van der Waals surface area (Å²) in [4.78, 5) is 23.4. The topological polar surface area (TPSA) is 79.5 Å². The van der Waals surface area contributed by atoms with Crippen LogP contribution in [-0.2, 0) is 0 Å². The van der Waals surface area contributed by atoms with E-state index in [0.29, 0.717) is 10.7 Å². The average Bonchev–Trinajstić information content (AvgIpc) is 2.30. The van der Waals surface area contributed by atoms with Crippen LogP contribution in [0.1, 0.15) is 16.1 Å². The average molecular weight is 280 g/mol. The van der Waals surface area contributed by atoms with E-state index in [2.05, 4.69) is 5.32 Å². The number of nitrogens with one attached hydrogen (secondary N) is 1. The second kappa shape index (κ2) is 5.16. The van der Waals surface area contributed by atoms with Gasteiger partial charge >= 0.3 is 5.63 Å². The minimum absolute atomic E-state index is 0.227. The summed E-state index contributed by atoms with van der Waals surface area (Å²) in [6.45, 7) is 1.50. The molecule has 1 heterocycles. The highest BCUT2D eigenvalue weighted by molar-refractivity contribution is 6.30. The minimum Gasteiger partial charge on any atom is -0.507 e. The highest BCUT2D eigenvalue weighted by Gasteiger charge is 2.18. The fourth-order valence-electron chi connectivity index (χ4n) is 1.53. The molecule has 2 aromatic rings. The molecule has 0 saturated heterocycles. The molecule has 2 rings (SSSR count). The number of hydrogen-bond acceptors (Lipinski definition) is 4. The number of aryl methyl sites for hydroxylation is 1. The maximum atomic E-state index is 11.9. The summed E-state index contributed by atoms with van der Waals surface area (Å²) in [5.41, 5.74) is -0.863. The second-order valence-electron chi connectivity index (χ2n) is 3.87. The zero-order valence-corrected chi connectivity index (χ0v) is 10.7. The van der Waals surface area contributed by atoms with Crippen molar-refractivity contribution < 1.29 is 14.3 Å². The molecule has 0 aliphatic rings. The fraction of sp³-hybridized carbons (Fsp3) is 0.0769. The smallest absolute Gasteiger partial charge is 0.352 e. The molecule has 19 heavy (non-hydrogen) atoms. The van der Waals surface area contributed by atoms with Crippen LogP contribution >= 0.6 is 11.6 Å². The van der Waals surface area contributed by atoms with Crippen molar-refractivity contribution in [3.8, 4) is 5.75 Å². The van der Waals surface area contributed by atoms with Gasteiger partial charge in [-0.05, 0) is 31.2 Å². The van der Waals surface area contributed by atoms with Crippen molar-refractivity contribution in [3.63, 3.8) is 0 Å². The number of amides is 1. The van der Waals surface area contributed by atoms with Crippen molar-refractivity contribution in [2.24, 2.45) is 0 Å². The van der Waals surface area contributed by atoms with Gasteiger partial charge in [0.15, 0.2) is 5.56 Å². The van der Waals surface area contributed by atoms with Crippen LogP contribution in [0.5, 0.6) is 5.75 Å². The number of benzene rings is 1. The normalized spacial score (nSPS) is 10.2. The number of hydrogen-bond donors (Lipinski definition) is 2. The molecule has 98 valence electrons. The number of anilines is 1. The third kappa shape index (κ3) is 2.95. The van der Waals surface area contributed by atoms with E-state index in [1.165, 1.54) is 13.0 Å². The van der Waals surface area contributed by atoms with E-state index in [1.54, 1.807) is 24.3 Å². The Morgan fingerprint density at radius 2 is 1.95 bits per heavy atom. The lowest BCUT2D eigenvalue weighted by atomic mass is 10.2. The Kier molecular flexibility index (Phi) is 3.57. The molecule has 0 aliphatic heterocycles. The molecule has 0 unspecified atom stereocenters. The van der Waals surface area contributed by atoms with E-state index in [4.69, 9.17) is 16.0 Å². The summed E-state index contributed by atoms with van der Waals surface area (Å²) >= 11 is 5.72. The van der Waals surface area contributed by atoms with Crippen LogP contribution in [0, 0.1) is 6.92 Å². The third-order valence-corrected chi connectivity index (χ3v) is 2.64. The molecule has 2 N–H and O–H groups in total. The zero-order valence-electron chi connectivity index (χ0n) is 9.94. The Labute approximate surface area is 113 Å². The van der Waals surface area contributed by atoms with E-state index in [0.717, 1.165) is 0 Å². The number of aromatic hydroxyl groups is 1. The molecule has 0 fully saturated rings. The first-order chi connectivity index (χ1) is 8.97. The van der Waals surface area contributed by atoms with Gasteiger partial charge in [-0.15, -0.1) is 0 Å². The van der Waals surface area contributed by atoms with Crippen LogP contribution in [0.2, 0.25) is 5.02 Å². The molecule has 0 spiro atoms. The van der Waals surface area contributed by atoms with Crippen LogP contribution in [0.3, 0.4) is 0 Å². The Morgan fingerprint density at radius 1 is 1.32 bits per heavy atom. The van der Waals surface area contributed by atoms with Crippen LogP contribution in [0.4, 0.5) is 5.69 Å². The molecule has 0 saturated carbocycles. The lowest BCUT2D eigenvalue weighted by molar-refractivity contribution is 0.102. The zero-order chi connectivity index (χ0) is 14.0. The van der Waals surface area contributed by atoms with Crippen molar-refractivity contribution in [1.29, 1.82) is 0 Å². The van der Waals surface area contributed by atoms with Crippen molar-refractivity contribution in [1.82, 2.24) is 0 Å². The lowest BCUT2D eigenvalue weighted by Gasteiger charge is -2.06. The second-order valence-corrected chi connectivity index (χ2v) is 4.30. The van der Waals surface area contributed by atoms with Crippen LogP contribution < -0.4 is 10.9 Å². The quantitative estimate of drug-likeness (QED) is 0.885. The summed E-state index contributed by atoms with van der Waals surface area (Å²) < 4.78 is 4.77. The minimum atomic E-state index is -0.885. The van der Waals surface area contributed by atoms with Crippen LogP contribution in [-0.4, -0.2) is 11.0 Å². The summed E-state index contributed by atoms with van der Waals surface area (Å²) in [6, 6.07) is 7.54. The largest absolute Gasteiger partial charge is 0.507 e. The molecule has 0 atom stereocenters. The summed E-state index contributed by atoms with van der Waals surface area (Å²) in [5.74, 6) is -0.931. The van der Waals surface area contributed by atoms with E-state index in [1.807, 2.05) is 0 Å². The highest BCUT2D eigenvalue weighted by atomic mass is 35.5. The molecular formula is C13H10ClNO4. The maximum absolute atomic E-state index is 11.9. The number of carbonyl (C=O) groups is 1. The van der Waals surface area contributed by atoms with Gasteiger partial charge in [0.25, 0.3) is 5.91 Å². The molecular weight excluding hydrogens is 270 g/mol. The first-order valence-electron chi connectivity index (χ1n) is 5.38. The monoisotopic (exact) mass is 279 g/mol. The number of carbonyl (C=O) groups excluding carboxylic acids is 1. The molecule has 0 bridgehead atoms. The Morgan fingerprint density at radius 3 is 2.53 bits per heavy atom. The number of halogens is 1. The first-order valence-corrected chi connectivity index (χ1v) is 5.76. The van der Waals surface area contributed by atoms with Gasteiger partial charge in [-0.3, -0.25) is 4.79 Å². The van der Waals surface area contributed by atoms with Gasteiger partial charge in [-0.25, -0.2) is 4.79 Å². The summed E-state index contributed by atoms with van der Waals surface area (Å²) in [6.07, 6.45) is 0. The van der Waals surface area contributed by atoms with Gasteiger partial charge in [0.1, 0.15) is 11.5 Å². The van der Waals surface area contributed by atoms with Gasteiger partial charge in [0.05, 0.1) is 0 Å². The molecule has 1 aromatic heterocycles. The van der Waals surface area contributed by atoms with Crippen molar-refractivity contribution in [3.05, 3.63) is 57.1 Å². The summed E-state index contributed by atoms with van der Waals surface area (Å²) in [5, 5.41) is 12.6. The Bertz CT molecular complexity index is 676. The lowest BCUT2D eigenvalue weighted by Crippen LogP contribution is -2.21. The van der Waals surface area contributed by atoms with Gasteiger partial charge in [0, 0.05) is 16.8 Å². The van der Waals surface area contributed by atoms with Gasteiger partial charge in [-0.1, -0.05) is 11.6 Å². The van der Waals surface area contributed by atoms with Gasteiger partial charge in [-0.2, -0.15) is 0 Å². The molecule has 6 heteroatoms. The van der Waals surface area contributed by atoms with E-state index >= 15 is 0 Å². The Hall–Kier alpha value is -2.27. The predicted octanol–water partition coefficient (Wildman–Crippen LogP) is 2.56. The standard InChI is InChI=1S/C13H10ClNO4/c1-7-6-10(16)11(13(18)19-7)12(17)15-9-4-2-8(14)3-5-9/h2-6,16H,1H3,(H,15,17). The van der Waals surface area contributed by atoms with Crippen molar-refractivity contribution in [2.75, 3.05) is 5.32 Å². The fourth-order valence-corrected chi connectivity index (χ4v) is 1.66. The van der Waals surface area contributed by atoms with Gasteiger partial charge < -0.3 is 14.8 Å². The van der Waals surface area contributed by atoms with Crippen molar-refractivity contribution >= 4 is 23.2 Å². The molecule has 0 radical (unpaired) electrons. The van der Waals surface area contributed by atoms with Crippen LogP contribution in [0.15, 0.2) is 39.5 Å². The van der Waals surface area contributed by atoms with Crippen molar-refractivity contribution in [2.45, 2.75) is 6.92 Å². The molecule has 1 aromatic carbocycles. The van der Waals surface area contributed by atoms with E-state index < -0.39 is 22.8 Å². The van der Waals surface area contributed by atoms with E-state index in [-0.39, 0.29) is 5.76 Å². The highest BCUT2D eigenvalue weighted by Crippen LogP contribution is 2.18. The Balaban J connectivity index is 2.30. The molecule has 1 amide bonds. The van der Waals surface area contributed by atoms with Crippen LogP contribution in [0.25, 0.3) is 0 Å². The SMILES string of the molecule is Cc1cc(O)c(C(=O)Nc2ccc(Cl)cc2)c(=O)o1. The van der Waals surface area contributed by atoms with E-state index in [9.17, 15) is 14.7 Å². The molecule has 0 aliphatic carbocycles. The number of rotatable bonds is 2. The maximum Gasteiger partial charge on any atom is 0.352 e. The third-order valence-electron chi connectivity index (χ3n) is 2.38.